The van der Waals surface area contributed by atoms with Gasteiger partial charge in [-0.15, -0.1) is 24.0 Å². The molecule has 2 aromatic rings. The summed E-state index contributed by atoms with van der Waals surface area (Å²) in [5, 5.41) is 12.2. The van der Waals surface area contributed by atoms with Crippen molar-refractivity contribution in [2.45, 2.75) is 46.2 Å². The van der Waals surface area contributed by atoms with E-state index >= 15 is 0 Å². The van der Waals surface area contributed by atoms with E-state index in [1.54, 1.807) is 7.05 Å². The summed E-state index contributed by atoms with van der Waals surface area (Å²) in [4.78, 5) is 4.34. The van der Waals surface area contributed by atoms with Gasteiger partial charge in [-0.1, -0.05) is 37.6 Å². The summed E-state index contributed by atoms with van der Waals surface area (Å²) in [6, 6.07) is 7.98. The molecular weight excluding hydrogens is 461 g/mol. The third-order valence-corrected chi connectivity index (χ3v) is 4.62. The van der Waals surface area contributed by atoms with Gasteiger partial charge < -0.3 is 10.6 Å². The molecule has 0 fully saturated rings. The molecule has 1 aromatic carbocycles. The van der Waals surface area contributed by atoms with Gasteiger partial charge in [0.1, 0.15) is 0 Å². The highest BCUT2D eigenvalue weighted by atomic mass is 127. The van der Waals surface area contributed by atoms with Crippen molar-refractivity contribution < 1.29 is 0 Å². The molecule has 144 valence electrons. The number of aliphatic imine (C=N–C) groups is 1. The quantitative estimate of drug-likeness (QED) is 0.362. The molecule has 1 heterocycles. The van der Waals surface area contributed by atoms with Crippen LogP contribution in [0.4, 0.5) is 0 Å². The van der Waals surface area contributed by atoms with E-state index in [2.05, 4.69) is 47.6 Å². The Balaban J connectivity index is 0.00000338. The van der Waals surface area contributed by atoms with Crippen LogP contribution in [0.15, 0.2) is 29.3 Å². The Hall–Kier alpha value is -1.28. The number of nitrogens with one attached hydrogen (secondary N) is 2. The van der Waals surface area contributed by atoms with Crippen molar-refractivity contribution in [1.82, 2.24) is 20.4 Å². The Morgan fingerprint density at radius 3 is 2.62 bits per heavy atom. The lowest BCUT2D eigenvalue weighted by atomic mass is 10.1. The minimum atomic E-state index is 0. The largest absolute Gasteiger partial charge is 0.352 e. The highest BCUT2D eigenvalue weighted by Crippen LogP contribution is 2.18. The zero-order valence-corrected chi connectivity index (χ0v) is 19.2. The van der Waals surface area contributed by atoms with Crippen LogP contribution in [0.3, 0.4) is 0 Å². The van der Waals surface area contributed by atoms with Gasteiger partial charge in [-0.3, -0.25) is 9.67 Å². The summed E-state index contributed by atoms with van der Waals surface area (Å²) in [5.74, 6) is 0.764. The predicted molar refractivity (Wildman–Crippen MR) is 121 cm³/mol. The number of hydrogen-bond acceptors (Lipinski definition) is 2. The molecule has 0 aliphatic heterocycles. The molecule has 1 unspecified atom stereocenters. The average Bonchev–Trinajstić information content (AvgIpc) is 2.92. The van der Waals surface area contributed by atoms with Crippen LogP contribution in [0.5, 0.6) is 0 Å². The number of benzene rings is 1. The summed E-state index contributed by atoms with van der Waals surface area (Å²) in [6.07, 6.45) is 1.89. The van der Waals surface area contributed by atoms with Crippen LogP contribution in [0.2, 0.25) is 5.02 Å². The molecule has 1 aromatic heterocycles. The minimum Gasteiger partial charge on any atom is -0.352 e. The average molecular weight is 490 g/mol. The molecule has 2 rings (SSSR count). The van der Waals surface area contributed by atoms with Crippen molar-refractivity contribution in [2.24, 2.45) is 12.0 Å². The lowest BCUT2D eigenvalue weighted by Gasteiger charge is -2.19. The highest BCUT2D eigenvalue weighted by molar-refractivity contribution is 14.0. The molecule has 7 heteroatoms. The maximum Gasteiger partial charge on any atom is 0.191 e. The molecule has 2 N–H and O–H groups in total. The number of aromatic nitrogens is 2. The number of hydrogen-bond donors (Lipinski definition) is 2. The Kier molecular flexibility index (Phi) is 9.43. The van der Waals surface area contributed by atoms with Gasteiger partial charge in [0.2, 0.25) is 0 Å². The summed E-state index contributed by atoms with van der Waals surface area (Å²) >= 11 is 6.09. The molecule has 0 aliphatic rings. The van der Waals surface area contributed by atoms with Gasteiger partial charge >= 0.3 is 0 Å². The molecule has 5 nitrogen and oxygen atoms in total. The Morgan fingerprint density at radius 1 is 1.31 bits per heavy atom. The van der Waals surface area contributed by atoms with E-state index in [4.69, 9.17) is 11.6 Å². The Labute approximate surface area is 178 Å². The first-order valence-electron chi connectivity index (χ1n) is 8.76. The molecular formula is C19H29ClIN5. The molecule has 1 atom stereocenters. The van der Waals surface area contributed by atoms with Crippen LogP contribution in [0.1, 0.15) is 49.3 Å². The second-order valence-corrected chi connectivity index (χ2v) is 6.49. The second kappa shape index (κ2) is 10.8. The molecule has 0 spiro atoms. The predicted octanol–water partition coefficient (Wildman–Crippen LogP) is 4.24. The summed E-state index contributed by atoms with van der Waals surface area (Å²) in [7, 11) is 3.79. The van der Waals surface area contributed by atoms with Crippen LogP contribution in [0.25, 0.3) is 0 Å². The Bertz CT molecular complexity index is 742. The van der Waals surface area contributed by atoms with E-state index in [0.717, 1.165) is 35.1 Å². The molecule has 0 saturated carbocycles. The standard InChI is InChI=1S/C19H28ClN5.HI/c1-6-17-16(18(7-2)25(5)24-17)12-22-19(21-4)23-13(3)14-9-8-10-15(20)11-14;/h8-11,13H,6-7,12H2,1-5H3,(H2,21,22,23);1H. The van der Waals surface area contributed by atoms with E-state index in [1.165, 1.54) is 11.3 Å². The highest BCUT2D eigenvalue weighted by Gasteiger charge is 2.14. The van der Waals surface area contributed by atoms with Crippen LogP contribution in [-0.4, -0.2) is 22.8 Å². The van der Waals surface area contributed by atoms with Crippen LogP contribution < -0.4 is 10.6 Å². The zero-order valence-electron chi connectivity index (χ0n) is 16.1. The van der Waals surface area contributed by atoms with Gasteiger partial charge in [-0.05, 0) is 37.5 Å². The topological polar surface area (TPSA) is 54.2 Å². The van der Waals surface area contributed by atoms with Crippen molar-refractivity contribution >= 4 is 41.5 Å². The Morgan fingerprint density at radius 2 is 2.04 bits per heavy atom. The molecule has 0 radical (unpaired) electrons. The number of rotatable bonds is 6. The van der Waals surface area contributed by atoms with Gasteiger partial charge in [0, 0.05) is 36.9 Å². The van der Waals surface area contributed by atoms with Crippen molar-refractivity contribution in [2.75, 3.05) is 7.05 Å². The summed E-state index contributed by atoms with van der Waals surface area (Å²) < 4.78 is 1.99. The lowest BCUT2D eigenvalue weighted by molar-refractivity contribution is 0.681. The molecule has 0 bridgehead atoms. The SMILES string of the molecule is CCc1nn(C)c(CC)c1CNC(=NC)NC(C)c1cccc(Cl)c1.I. The first-order valence-corrected chi connectivity index (χ1v) is 9.14. The van der Waals surface area contributed by atoms with Crippen molar-refractivity contribution in [3.63, 3.8) is 0 Å². The normalized spacial score (nSPS) is 12.5. The van der Waals surface area contributed by atoms with Gasteiger partial charge in [-0.25, -0.2) is 0 Å². The maximum atomic E-state index is 6.09. The summed E-state index contributed by atoms with van der Waals surface area (Å²) in [5.41, 5.74) is 4.80. The first-order chi connectivity index (χ1) is 12.0. The van der Waals surface area contributed by atoms with E-state index in [9.17, 15) is 0 Å². The number of nitrogens with zero attached hydrogens (tertiary/aromatic N) is 3. The fourth-order valence-electron chi connectivity index (χ4n) is 3.03. The number of guanidine groups is 1. The molecule has 26 heavy (non-hydrogen) atoms. The van der Waals surface area contributed by atoms with E-state index in [1.807, 2.05) is 29.9 Å². The third kappa shape index (κ3) is 5.61. The minimum absolute atomic E-state index is 0. The van der Waals surface area contributed by atoms with Gasteiger partial charge in [0.25, 0.3) is 0 Å². The molecule has 0 saturated heterocycles. The van der Waals surface area contributed by atoms with E-state index < -0.39 is 0 Å². The maximum absolute atomic E-state index is 6.09. The third-order valence-electron chi connectivity index (χ3n) is 4.39. The lowest BCUT2D eigenvalue weighted by Crippen LogP contribution is -2.38. The van der Waals surface area contributed by atoms with Crippen molar-refractivity contribution in [3.8, 4) is 0 Å². The zero-order chi connectivity index (χ0) is 18.4. The van der Waals surface area contributed by atoms with Gasteiger partial charge in [0.15, 0.2) is 5.96 Å². The fraction of sp³-hybridized carbons (Fsp3) is 0.474. The van der Waals surface area contributed by atoms with Crippen LogP contribution >= 0.6 is 35.6 Å². The molecule has 0 aliphatic carbocycles. The van der Waals surface area contributed by atoms with Gasteiger partial charge in [0.05, 0.1) is 11.7 Å². The summed E-state index contributed by atoms with van der Waals surface area (Å²) in [6.45, 7) is 7.10. The number of halogens is 2. The smallest absolute Gasteiger partial charge is 0.191 e. The van der Waals surface area contributed by atoms with Crippen molar-refractivity contribution in [1.29, 1.82) is 0 Å². The van der Waals surface area contributed by atoms with E-state index in [-0.39, 0.29) is 30.0 Å². The first kappa shape index (κ1) is 22.8. The fourth-order valence-corrected chi connectivity index (χ4v) is 3.22. The van der Waals surface area contributed by atoms with E-state index in [0.29, 0.717) is 6.54 Å². The number of aryl methyl sites for hydroxylation is 2. The van der Waals surface area contributed by atoms with Crippen molar-refractivity contribution in [3.05, 3.63) is 51.8 Å². The van der Waals surface area contributed by atoms with Crippen LogP contribution in [-0.2, 0) is 26.4 Å². The second-order valence-electron chi connectivity index (χ2n) is 6.05. The molecule has 0 amide bonds. The van der Waals surface area contributed by atoms with Gasteiger partial charge in [-0.2, -0.15) is 5.10 Å². The monoisotopic (exact) mass is 489 g/mol. The van der Waals surface area contributed by atoms with Crippen LogP contribution in [0, 0.1) is 0 Å².